The zero-order valence-corrected chi connectivity index (χ0v) is 15.5. The number of carbonyl (C=O) groups is 2. The molecule has 3 aromatic rings. The number of hydrogen-bond donors (Lipinski definition) is 1. The van der Waals surface area contributed by atoms with Crippen molar-refractivity contribution < 1.29 is 28.2 Å². The van der Waals surface area contributed by atoms with Crippen LogP contribution in [0.5, 0.6) is 11.5 Å². The molecule has 28 heavy (non-hydrogen) atoms. The van der Waals surface area contributed by atoms with Crippen molar-refractivity contribution in [3.63, 3.8) is 0 Å². The van der Waals surface area contributed by atoms with Gasteiger partial charge in [0.1, 0.15) is 24.5 Å². The number of hydrogen-bond acceptors (Lipinski definition) is 8. The molecular weight excluding hydrogens is 384 g/mol. The number of aromatic nitrogens is 1. The number of ether oxygens (including phenoxy) is 3. The molecule has 2 aromatic carbocycles. The molecule has 0 aliphatic carbocycles. The number of anilines is 1. The summed E-state index contributed by atoms with van der Waals surface area (Å²) in [6.07, 6.45) is 0. The second-order valence-corrected chi connectivity index (χ2v) is 6.73. The number of rotatable bonds is 6. The predicted octanol–water partition coefficient (Wildman–Crippen LogP) is 2.87. The van der Waals surface area contributed by atoms with E-state index in [0.717, 1.165) is 17.3 Å². The van der Waals surface area contributed by atoms with E-state index in [1.807, 2.05) is 18.2 Å². The van der Waals surface area contributed by atoms with Crippen molar-refractivity contribution in [2.45, 2.75) is 5.22 Å². The lowest BCUT2D eigenvalue weighted by molar-refractivity contribution is -0.144. The second-order valence-electron chi connectivity index (χ2n) is 5.80. The molecule has 0 atom stereocenters. The number of nitrogens with zero attached hydrogens (tertiary/aromatic N) is 1. The van der Waals surface area contributed by atoms with Crippen LogP contribution < -0.4 is 14.8 Å². The van der Waals surface area contributed by atoms with Crippen LogP contribution in [0.15, 0.2) is 52.1 Å². The van der Waals surface area contributed by atoms with Gasteiger partial charge in [0.05, 0.1) is 0 Å². The zero-order valence-electron chi connectivity index (χ0n) is 14.7. The van der Waals surface area contributed by atoms with E-state index in [2.05, 4.69) is 10.3 Å². The monoisotopic (exact) mass is 400 g/mol. The van der Waals surface area contributed by atoms with Gasteiger partial charge in [0.2, 0.25) is 0 Å². The molecule has 0 fully saturated rings. The predicted molar refractivity (Wildman–Crippen MR) is 102 cm³/mol. The molecule has 0 saturated carbocycles. The Morgan fingerprint density at radius 1 is 1.11 bits per heavy atom. The summed E-state index contributed by atoms with van der Waals surface area (Å²) in [5.41, 5.74) is 1.90. The van der Waals surface area contributed by atoms with Gasteiger partial charge in [0.15, 0.2) is 23.7 Å². The molecule has 0 radical (unpaired) electrons. The summed E-state index contributed by atoms with van der Waals surface area (Å²) in [6.45, 7) is 0.567. The molecule has 9 heteroatoms. The van der Waals surface area contributed by atoms with Crippen LogP contribution in [0.4, 0.5) is 5.69 Å². The average molecular weight is 400 g/mol. The van der Waals surface area contributed by atoms with Crippen LogP contribution >= 0.6 is 11.8 Å². The molecule has 0 saturated heterocycles. The Bertz CT molecular complexity index is 986. The van der Waals surface area contributed by atoms with Crippen molar-refractivity contribution in [3.05, 3.63) is 42.5 Å². The summed E-state index contributed by atoms with van der Waals surface area (Å²) in [7, 11) is 0. The summed E-state index contributed by atoms with van der Waals surface area (Å²) >= 11 is 1.11. The normalized spacial score (nSPS) is 12.6. The molecule has 1 aliphatic heterocycles. The van der Waals surface area contributed by atoms with Crippen molar-refractivity contribution in [1.82, 2.24) is 4.98 Å². The van der Waals surface area contributed by atoms with Crippen LogP contribution in [0.3, 0.4) is 0 Å². The largest absolute Gasteiger partial charge is 0.486 e. The van der Waals surface area contributed by atoms with Crippen LogP contribution in [0, 0.1) is 0 Å². The quantitative estimate of drug-likeness (QED) is 0.498. The van der Waals surface area contributed by atoms with Gasteiger partial charge < -0.3 is 23.9 Å². The van der Waals surface area contributed by atoms with Gasteiger partial charge in [-0.3, -0.25) is 9.59 Å². The lowest BCUT2D eigenvalue weighted by Crippen LogP contribution is -2.22. The third-order valence-corrected chi connectivity index (χ3v) is 4.58. The minimum absolute atomic E-state index is 0.00980. The van der Waals surface area contributed by atoms with Crippen molar-refractivity contribution in [3.8, 4) is 11.5 Å². The highest BCUT2D eigenvalue weighted by Crippen LogP contribution is 2.32. The number of esters is 1. The molecule has 2 heterocycles. The Kier molecular flexibility index (Phi) is 5.34. The van der Waals surface area contributed by atoms with Crippen molar-refractivity contribution in [1.29, 1.82) is 0 Å². The van der Waals surface area contributed by atoms with Crippen molar-refractivity contribution in [2.24, 2.45) is 0 Å². The van der Waals surface area contributed by atoms with E-state index in [-0.39, 0.29) is 12.4 Å². The lowest BCUT2D eigenvalue weighted by Gasteiger charge is -2.19. The van der Waals surface area contributed by atoms with E-state index in [1.165, 1.54) is 0 Å². The van der Waals surface area contributed by atoms with Crippen LogP contribution in [0.1, 0.15) is 0 Å². The van der Waals surface area contributed by atoms with Gasteiger partial charge in [-0.25, -0.2) is 4.98 Å². The van der Waals surface area contributed by atoms with Crippen molar-refractivity contribution >= 4 is 40.4 Å². The van der Waals surface area contributed by atoms with Gasteiger partial charge in [-0.15, -0.1) is 0 Å². The Labute approximate surface area is 164 Å². The Hall–Kier alpha value is -3.20. The highest BCUT2D eigenvalue weighted by molar-refractivity contribution is 7.99. The highest BCUT2D eigenvalue weighted by atomic mass is 32.2. The number of fused-ring (bicyclic) bond motifs is 2. The summed E-state index contributed by atoms with van der Waals surface area (Å²) < 4.78 is 21.4. The minimum atomic E-state index is -0.537. The zero-order chi connectivity index (χ0) is 19.3. The molecule has 8 nitrogen and oxygen atoms in total. The fraction of sp³-hybridized carbons (Fsp3) is 0.211. The fourth-order valence-corrected chi connectivity index (χ4v) is 3.18. The number of amides is 1. The Balaban J connectivity index is 1.23. The third kappa shape index (κ3) is 4.37. The molecule has 144 valence electrons. The highest BCUT2D eigenvalue weighted by Gasteiger charge is 2.14. The third-order valence-electron chi connectivity index (χ3n) is 3.78. The summed E-state index contributed by atoms with van der Waals surface area (Å²) in [5.74, 6) is 0.202. The first-order valence-corrected chi connectivity index (χ1v) is 9.49. The molecule has 1 amide bonds. The van der Waals surface area contributed by atoms with E-state index in [9.17, 15) is 9.59 Å². The molecule has 0 unspecified atom stereocenters. The van der Waals surface area contributed by atoms with Gasteiger partial charge in [0.25, 0.3) is 11.1 Å². The van der Waals surface area contributed by atoms with Crippen molar-refractivity contribution in [2.75, 3.05) is 30.9 Å². The molecule has 0 bridgehead atoms. The number of carbonyl (C=O) groups excluding carboxylic acids is 2. The topological polar surface area (TPSA) is 99.9 Å². The summed E-state index contributed by atoms with van der Waals surface area (Å²) in [6, 6.07) is 12.4. The molecule has 1 aliphatic rings. The van der Waals surface area contributed by atoms with Gasteiger partial charge in [-0.2, -0.15) is 0 Å². The van der Waals surface area contributed by atoms with Crippen LogP contribution in [-0.4, -0.2) is 42.4 Å². The minimum Gasteiger partial charge on any atom is -0.486 e. The van der Waals surface area contributed by atoms with Gasteiger partial charge in [-0.1, -0.05) is 23.9 Å². The molecule has 0 spiro atoms. The fourth-order valence-electron chi connectivity index (χ4n) is 2.54. The maximum Gasteiger partial charge on any atom is 0.316 e. The van der Waals surface area contributed by atoms with Crippen LogP contribution in [0.25, 0.3) is 11.1 Å². The first-order valence-electron chi connectivity index (χ1n) is 8.51. The molecule has 4 rings (SSSR count). The smallest absolute Gasteiger partial charge is 0.316 e. The Morgan fingerprint density at radius 2 is 1.93 bits per heavy atom. The Morgan fingerprint density at radius 3 is 2.79 bits per heavy atom. The standard InChI is InChI=1S/C19H16N2O6S/c22-17(20-12-5-6-15-16(9-12)25-8-7-24-15)10-26-18(23)11-28-19-21-13-3-1-2-4-14(13)27-19/h1-6,9H,7-8,10-11H2,(H,20,22). The van der Waals surface area contributed by atoms with Gasteiger partial charge >= 0.3 is 5.97 Å². The SMILES string of the molecule is O=C(COC(=O)CSc1nc2ccccc2o1)Nc1ccc2c(c1)OCCO2. The van der Waals surface area contributed by atoms with E-state index >= 15 is 0 Å². The summed E-state index contributed by atoms with van der Waals surface area (Å²) in [4.78, 5) is 28.1. The number of thioether (sulfide) groups is 1. The summed E-state index contributed by atoms with van der Waals surface area (Å²) in [5, 5.41) is 3.02. The number of benzene rings is 2. The van der Waals surface area contributed by atoms with E-state index in [4.69, 9.17) is 18.6 Å². The maximum absolute atomic E-state index is 12.0. The molecule has 1 N–H and O–H groups in total. The first kappa shape index (κ1) is 18.2. The van der Waals surface area contributed by atoms with Gasteiger partial charge in [-0.05, 0) is 24.3 Å². The number of para-hydroxylation sites is 2. The molecule has 1 aromatic heterocycles. The average Bonchev–Trinajstić information content (AvgIpc) is 3.14. The van der Waals surface area contributed by atoms with E-state index < -0.39 is 11.9 Å². The van der Waals surface area contributed by atoms with E-state index in [1.54, 1.807) is 24.3 Å². The number of nitrogens with one attached hydrogen (secondary N) is 1. The van der Waals surface area contributed by atoms with Gasteiger partial charge in [0, 0.05) is 11.8 Å². The maximum atomic E-state index is 12.0. The molecular formula is C19H16N2O6S. The first-order chi connectivity index (χ1) is 13.7. The van der Waals surface area contributed by atoms with Crippen LogP contribution in [0.2, 0.25) is 0 Å². The van der Waals surface area contributed by atoms with E-state index in [0.29, 0.717) is 41.2 Å². The lowest BCUT2D eigenvalue weighted by atomic mass is 10.2. The van der Waals surface area contributed by atoms with Crippen LogP contribution in [-0.2, 0) is 14.3 Å². The number of oxazole rings is 1. The second kappa shape index (κ2) is 8.22.